The van der Waals surface area contributed by atoms with Crippen molar-refractivity contribution in [2.24, 2.45) is 0 Å². The maximum Gasteiger partial charge on any atom is 0.116 e. The van der Waals surface area contributed by atoms with Crippen LogP contribution in [0.25, 0.3) is 0 Å². The molecular formula is C9H13BrO2S. The molecule has 74 valence electrons. The SMILES string of the molecule is Cc1ccoc1CSCC(O)CBr. The average molecular weight is 265 g/mol. The normalized spacial score (nSPS) is 13.2. The molecule has 0 saturated carbocycles. The molecule has 4 heteroatoms. The number of aryl methyl sites for hydroxylation is 1. The summed E-state index contributed by atoms with van der Waals surface area (Å²) in [6.45, 7) is 2.03. The zero-order valence-corrected chi connectivity index (χ0v) is 9.90. The summed E-state index contributed by atoms with van der Waals surface area (Å²) in [6.07, 6.45) is 1.44. The van der Waals surface area contributed by atoms with E-state index in [9.17, 15) is 5.11 Å². The fourth-order valence-electron chi connectivity index (χ4n) is 0.884. The lowest BCUT2D eigenvalue weighted by Crippen LogP contribution is -2.10. The van der Waals surface area contributed by atoms with Crippen LogP contribution < -0.4 is 0 Å². The van der Waals surface area contributed by atoms with Crippen LogP contribution in [0.1, 0.15) is 11.3 Å². The van der Waals surface area contributed by atoms with E-state index < -0.39 is 0 Å². The molecule has 0 amide bonds. The second-order valence-electron chi connectivity index (χ2n) is 2.85. The summed E-state index contributed by atoms with van der Waals surface area (Å²) in [5.74, 6) is 2.58. The van der Waals surface area contributed by atoms with Gasteiger partial charge in [-0.3, -0.25) is 0 Å². The lowest BCUT2D eigenvalue weighted by atomic mass is 10.3. The van der Waals surface area contributed by atoms with Crippen molar-refractivity contribution in [3.05, 3.63) is 23.7 Å². The maximum absolute atomic E-state index is 9.26. The van der Waals surface area contributed by atoms with Crippen LogP contribution in [0.3, 0.4) is 0 Å². The largest absolute Gasteiger partial charge is 0.468 e. The third kappa shape index (κ3) is 3.75. The van der Waals surface area contributed by atoms with Gasteiger partial charge in [0.05, 0.1) is 18.1 Å². The molecule has 1 heterocycles. The van der Waals surface area contributed by atoms with Crippen molar-refractivity contribution in [2.75, 3.05) is 11.1 Å². The Bertz CT molecular complexity index is 250. The van der Waals surface area contributed by atoms with Crippen LogP contribution in [0.15, 0.2) is 16.7 Å². The van der Waals surface area contributed by atoms with Gasteiger partial charge in [-0.15, -0.1) is 0 Å². The van der Waals surface area contributed by atoms with Gasteiger partial charge in [-0.2, -0.15) is 11.8 Å². The van der Waals surface area contributed by atoms with E-state index in [-0.39, 0.29) is 6.10 Å². The van der Waals surface area contributed by atoms with E-state index in [1.165, 1.54) is 5.56 Å². The number of aliphatic hydroxyl groups is 1. The van der Waals surface area contributed by atoms with Crippen LogP contribution >= 0.6 is 27.7 Å². The first-order chi connectivity index (χ1) is 6.24. The van der Waals surface area contributed by atoms with Crippen LogP contribution in [0.4, 0.5) is 0 Å². The number of aliphatic hydroxyl groups excluding tert-OH is 1. The first-order valence-corrected chi connectivity index (χ1v) is 6.36. The molecule has 1 unspecified atom stereocenters. The molecule has 1 aromatic heterocycles. The fourth-order valence-corrected chi connectivity index (χ4v) is 2.41. The second kappa shape index (κ2) is 5.73. The predicted octanol–water partition coefficient (Wildman–Crippen LogP) is 2.58. The number of alkyl halides is 1. The van der Waals surface area contributed by atoms with Crippen LogP contribution in [0.2, 0.25) is 0 Å². The van der Waals surface area contributed by atoms with Crippen LogP contribution in [0, 0.1) is 6.92 Å². The fraction of sp³-hybridized carbons (Fsp3) is 0.556. The molecule has 13 heavy (non-hydrogen) atoms. The molecule has 0 spiro atoms. The van der Waals surface area contributed by atoms with Gasteiger partial charge in [0.25, 0.3) is 0 Å². The summed E-state index contributed by atoms with van der Waals surface area (Å²) in [5.41, 5.74) is 1.18. The van der Waals surface area contributed by atoms with E-state index in [1.54, 1.807) is 18.0 Å². The molecule has 1 aromatic rings. The molecule has 0 aromatic carbocycles. The van der Waals surface area contributed by atoms with Gasteiger partial charge in [0.15, 0.2) is 0 Å². The van der Waals surface area contributed by atoms with Crippen LogP contribution in [-0.2, 0) is 5.75 Å². The lowest BCUT2D eigenvalue weighted by molar-refractivity contribution is 0.226. The molecule has 0 fully saturated rings. The van der Waals surface area contributed by atoms with Crippen molar-refractivity contribution in [1.29, 1.82) is 0 Å². The highest BCUT2D eigenvalue weighted by Crippen LogP contribution is 2.17. The molecule has 2 nitrogen and oxygen atoms in total. The Morgan fingerprint density at radius 3 is 3.00 bits per heavy atom. The van der Waals surface area contributed by atoms with Crippen molar-refractivity contribution >= 4 is 27.7 Å². The molecule has 1 N–H and O–H groups in total. The monoisotopic (exact) mass is 264 g/mol. The summed E-state index contributed by atoms with van der Waals surface area (Å²) in [5, 5.41) is 9.89. The lowest BCUT2D eigenvalue weighted by Gasteiger charge is -2.04. The van der Waals surface area contributed by atoms with E-state index in [0.717, 1.165) is 17.3 Å². The summed E-state index contributed by atoms with van der Waals surface area (Å²) in [4.78, 5) is 0. The minimum Gasteiger partial charge on any atom is -0.468 e. The van der Waals surface area contributed by atoms with E-state index in [1.807, 2.05) is 13.0 Å². The van der Waals surface area contributed by atoms with Gasteiger partial charge < -0.3 is 9.52 Å². The Morgan fingerprint density at radius 2 is 2.46 bits per heavy atom. The third-order valence-corrected chi connectivity index (χ3v) is 3.52. The zero-order chi connectivity index (χ0) is 9.68. The summed E-state index contributed by atoms with van der Waals surface area (Å²) >= 11 is 4.91. The standard InChI is InChI=1S/C9H13BrO2S/c1-7-2-3-12-9(7)6-13-5-8(11)4-10/h2-3,8,11H,4-6H2,1H3. The summed E-state index contributed by atoms with van der Waals surface area (Å²) in [7, 11) is 0. The van der Waals surface area contributed by atoms with Crippen molar-refractivity contribution in [3.63, 3.8) is 0 Å². The van der Waals surface area contributed by atoms with Gasteiger partial charge in [0.2, 0.25) is 0 Å². The van der Waals surface area contributed by atoms with Crippen molar-refractivity contribution in [2.45, 2.75) is 18.8 Å². The molecule has 0 aliphatic carbocycles. The Labute approximate surface area is 90.8 Å². The topological polar surface area (TPSA) is 33.4 Å². The van der Waals surface area contributed by atoms with Crippen molar-refractivity contribution < 1.29 is 9.52 Å². The minimum absolute atomic E-state index is 0.264. The molecular weight excluding hydrogens is 252 g/mol. The van der Waals surface area contributed by atoms with E-state index >= 15 is 0 Å². The first kappa shape index (κ1) is 11.1. The summed E-state index contributed by atoms with van der Waals surface area (Å²) in [6, 6.07) is 1.96. The van der Waals surface area contributed by atoms with E-state index in [2.05, 4.69) is 15.9 Å². The smallest absolute Gasteiger partial charge is 0.116 e. The summed E-state index contributed by atoms with van der Waals surface area (Å²) < 4.78 is 5.27. The Morgan fingerprint density at radius 1 is 1.69 bits per heavy atom. The third-order valence-electron chi connectivity index (χ3n) is 1.69. The number of halogens is 1. The van der Waals surface area contributed by atoms with Gasteiger partial charge in [0, 0.05) is 11.1 Å². The molecule has 0 aliphatic heterocycles. The molecule has 1 atom stereocenters. The molecule has 1 rings (SSSR count). The highest BCUT2D eigenvalue weighted by atomic mass is 79.9. The van der Waals surface area contributed by atoms with Gasteiger partial charge in [-0.25, -0.2) is 0 Å². The molecule has 0 aliphatic rings. The number of hydrogen-bond donors (Lipinski definition) is 1. The molecule has 0 bridgehead atoms. The van der Waals surface area contributed by atoms with Gasteiger partial charge in [0.1, 0.15) is 5.76 Å². The quantitative estimate of drug-likeness (QED) is 0.831. The number of furan rings is 1. The number of rotatable bonds is 5. The van der Waals surface area contributed by atoms with E-state index in [0.29, 0.717) is 5.33 Å². The van der Waals surface area contributed by atoms with Crippen LogP contribution in [0.5, 0.6) is 0 Å². The predicted molar refractivity (Wildman–Crippen MR) is 59.4 cm³/mol. The average Bonchev–Trinajstić information content (AvgIpc) is 2.52. The van der Waals surface area contributed by atoms with Crippen molar-refractivity contribution in [1.82, 2.24) is 0 Å². The van der Waals surface area contributed by atoms with Gasteiger partial charge in [-0.05, 0) is 18.6 Å². The Kier molecular flexibility index (Phi) is 4.91. The van der Waals surface area contributed by atoms with Gasteiger partial charge in [-0.1, -0.05) is 15.9 Å². The van der Waals surface area contributed by atoms with Crippen LogP contribution in [-0.4, -0.2) is 22.3 Å². The Hall–Kier alpha value is 0.0700. The van der Waals surface area contributed by atoms with E-state index in [4.69, 9.17) is 4.42 Å². The second-order valence-corrected chi connectivity index (χ2v) is 4.53. The Balaban J connectivity index is 2.24. The molecule has 0 radical (unpaired) electrons. The highest BCUT2D eigenvalue weighted by Gasteiger charge is 2.05. The maximum atomic E-state index is 9.26. The molecule has 0 saturated heterocycles. The highest BCUT2D eigenvalue weighted by molar-refractivity contribution is 9.09. The number of thioether (sulfide) groups is 1. The van der Waals surface area contributed by atoms with Crippen molar-refractivity contribution in [3.8, 4) is 0 Å². The zero-order valence-electron chi connectivity index (χ0n) is 7.50. The first-order valence-electron chi connectivity index (χ1n) is 4.08. The van der Waals surface area contributed by atoms with Gasteiger partial charge >= 0.3 is 0 Å². The number of hydrogen-bond acceptors (Lipinski definition) is 3. The minimum atomic E-state index is -0.264.